The minimum Gasteiger partial charge on any atom is -0.383 e. The van der Waals surface area contributed by atoms with E-state index in [0.717, 1.165) is 24.0 Å². The molecule has 0 fully saturated rings. The van der Waals surface area contributed by atoms with Crippen LogP contribution < -0.4 is 5.32 Å². The van der Waals surface area contributed by atoms with Gasteiger partial charge in [0.15, 0.2) is 0 Å². The molecule has 0 saturated carbocycles. The van der Waals surface area contributed by atoms with E-state index in [4.69, 9.17) is 4.74 Å². The Labute approximate surface area is 112 Å². The van der Waals surface area contributed by atoms with Crippen LogP contribution in [0.1, 0.15) is 26.5 Å². The second-order valence-corrected chi connectivity index (χ2v) is 5.94. The van der Waals surface area contributed by atoms with Crippen molar-refractivity contribution in [3.63, 3.8) is 0 Å². The molecule has 0 atom stereocenters. The summed E-state index contributed by atoms with van der Waals surface area (Å²) in [5.74, 6) is 0. The summed E-state index contributed by atoms with van der Waals surface area (Å²) in [6.45, 7) is 8.94. The highest BCUT2D eigenvalue weighted by atomic mass is 79.9. The molecule has 0 aliphatic carbocycles. The molecule has 0 aromatic carbocycles. The van der Waals surface area contributed by atoms with Crippen molar-refractivity contribution in [3.05, 3.63) is 16.4 Å². The normalized spacial score (nSPS) is 12.1. The summed E-state index contributed by atoms with van der Waals surface area (Å²) in [5.41, 5.74) is 1.38. The SMILES string of the molecule is COCCn1ncc(Br)c1CCNC(C)(C)C. The van der Waals surface area contributed by atoms with Gasteiger partial charge in [0, 0.05) is 25.6 Å². The minimum absolute atomic E-state index is 0.157. The Morgan fingerprint density at radius 3 is 2.76 bits per heavy atom. The molecule has 1 N–H and O–H groups in total. The lowest BCUT2D eigenvalue weighted by atomic mass is 10.1. The molecule has 0 amide bonds. The fraction of sp³-hybridized carbons (Fsp3) is 0.750. The summed E-state index contributed by atoms with van der Waals surface area (Å²) in [4.78, 5) is 0. The van der Waals surface area contributed by atoms with E-state index in [0.29, 0.717) is 6.61 Å². The second kappa shape index (κ2) is 6.52. The van der Waals surface area contributed by atoms with E-state index in [1.165, 1.54) is 5.69 Å². The molecule has 17 heavy (non-hydrogen) atoms. The third kappa shape index (κ3) is 5.19. The predicted molar refractivity (Wildman–Crippen MR) is 73.3 cm³/mol. The van der Waals surface area contributed by atoms with Crippen molar-refractivity contribution in [2.75, 3.05) is 20.3 Å². The van der Waals surface area contributed by atoms with Crippen LogP contribution >= 0.6 is 15.9 Å². The minimum atomic E-state index is 0.157. The molecule has 5 heteroatoms. The maximum absolute atomic E-state index is 5.08. The zero-order chi connectivity index (χ0) is 12.9. The molecule has 0 aliphatic heterocycles. The highest BCUT2D eigenvalue weighted by Gasteiger charge is 2.11. The lowest BCUT2D eigenvalue weighted by molar-refractivity contribution is 0.182. The Morgan fingerprint density at radius 2 is 2.18 bits per heavy atom. The number of aromatic nitrogens is 2. The maximum atomic E-state index is 5.08. The van der Waals surface area contributed by atoms with Crippen LogP contribution in [0, 0.1) is 0 Å². The Kier molecular flexibility index (Phi) is 5.62. The monoisotopic (exact) mass is 303 g/mol. The van der Waals surface area contributed by atoms with Gasteiger partial charge in [-0.3, -0.25) is 4.68 Å². The van der Waals surface area contributed by atoms with Crippen LogP contribution in [0.2, 0.25) is 0 Å². The lowest BCUT2D eigenvalue weighted by Crippen LogP contribution is -2.37. The van der Waals surface area contributed by atoms with Gasteiger partial charge in [0.05, 0.1) is 29.5 Å². The van der Waals surface area contributed by atoms with E-state index in [-0.39, 0.29) is 5.54 Å². The average Bonchev–Trinajstić information content (AvgIpc) is 2.56. The molecule has 98 valence electrons. The third-order valence-corrected chi connectivity index (χ3v) is 3.08. The Morgan fingerprint density at radius 1 is 1.47 bits per heavy atom. The zero-order valence-electron chi connectivity index (χ0n) is 11.1. The number of hydrogen-bond donors (Lipinski definition) is 1. The summed E-state index contributed by atoms with van der Waals surface area (Å²) in [6, 6.07) is 0. The van der Waals surface area contributed by atoms with E-state index in [1.54, 1.807) is 7.11 Å². The van der Waals surface area contributed by atoms with E-state index in [9.17, 15) is 0 Å². The first-order valence-corrected chi connectivity index (χ1v) is 6.67. The van der Waals surface area contributed by atoms with Crippen LogP contribution in [0.5, 0.6) is 0 Å². The highest BCUT2D eigenvalue weighted by Crippen LogP contribution is 2.16. The molecule has 0 bridgehead atoms. The van der Waals surface area contributed by atoms with E-state index < -0.39 is 0 Å². The van der Waals surface area contributed by atoms with Crippen LogP contribution in [0.15, 0.2) is 10.7 Å². The lowest BCUT2D eigenvalue weighted by Gasteiger charge is -2.20. The molecule has 0 saturated heterocycles. The first-order chi connectivity index (χ1) is 7.94. The average molecular weight is 304 g/mol. The summed E-state index contributed by atoms with van der Waals surface area (Å²) in [5, 5.41) is 7.81. The van der Waals surface area contributed by atoms with Gasteiger partial charge in [-0.1, -0.05) is 0 Å². The molecule has 1 aromatic heterocycles. The first kappa shape index (κ1) is 14.7. The number of hydrogen-bond acceptors (Lipinski definition) is 3. The fourth-order valence-corrected chi connectivity index (χ4v) is 2.06. The topological polar surface area (TPSA) is 39.1 Å². The van der Waals surface area contributed by atoms with Gasteiger partial charge >= 0.3 is 0 Å². The molecular weight excluding hydrogens is 282 g/mol. The second-order valence-electron chi connectivity index (χ2n) is 5.08. The molecule has 1 heterocycles. The van der Waals surface area contributed by atoms with Gasteiger partial charge in [-0.15, -0.1) is 0 Å². The van der Waals surface area contributed by atoms with E-state index in [1.807, 2.05) is 10.9 Å². The molecule has 0 radical (unpaired) electrons. The smallest absolute Gasteiger partial charge is 0.0658 e. The molecule has 0 spiro atoms. The number of methoxy groups -OCH3 is 1. The quantitative estimate of drug-likeness (QED) is 0.876. The largest absolute Gasteiger partial charge is 0.383 e. The first-order valence-electron chi connectivity index (χ1n) is 5.88. The Bertz CT molecular complexity index is 344. The van der Waals surface area contributed by atoms with Crippen molar-refractivity contribution in [1.82, 2.24) is 15.1 Å². The molecule has 1 aromatic rings. The summed E-state index contributed by atoms with van der Waals surface area (Å²) < 4.78 is 8.15. The van der Waals surface area contributed by atoms with Crippen molar-refractivity contribution in [2.24, 2.45) is 0 Å². The number of nitrogens with zero attached hydrogens (tertiary/aromatic N) is 2. The standard InChI is InChI=1S/C12H22BrN3O/c1-12(2,3)14-6-5-11-10(13)9-15-16(11)7-8-17-4/h9,14H,5-8H2,1-4H3. The van der Waals surface area contributed by atoms with Gasteiger partial charge in [-0.2, -0.15) is 5.10 Å². The Hall–Kier alpha value is -0.390. The van der Waals surface area contributed by atoms with Gasteiger partial charge in [0.25, 0.3) is 0 Å². The van der Waals surface area contributed by atoms with Crippen LogP contribution in [-0.4, -0.2) is 35.6 Å². The summed E-state index contributed by atoms with van der Waals surface area (Å²) in [6.07, 6.45) is 2.81. The molecular formula is C12H22BrN3O. The third-order valence-electron chi connectivity index (χ3n) is 2.42. The van der Waals surface area contributed by atoms with Crippen LogP contribution in [0.25, 0.3) is 0 Å². The van der Waals surface area contributed by atoms with E-state index in [2.05, 4.69) is 47.1 Å². The van der Waals surface area contributed by atoms with Crippen LogP contribution in [0.4, 0.5) is 0 Å². The van der Waals surface area contributed by atoms with Crippen molar-refractivity contribution in [1.29, 1.82) is 0 Å². The molecule has 0 aliphatic rings. The van der Waals surface area contributed by atoms with Gasteiger partial charge in [-0.05, 0) is 36.7 Å². The van der Waals surface area contributed by atoms with Crippen LogP contribution in [-0.2, 0) is 17.7 Å². The van der Waals surface area contributed by atoms with Gasteiger partial charge in [0.1, 0.15) is 0 Å². The highest BCUT2D eigenvalue weighted by molar-refractivity contribution is 9.10. The zero-order valence-corrected chi connectivity index (χ0v) is 12.7. The number of ether oxygens (including phenoxy) is 1. The number of rotatable bonds is 6. The summed E-state index contributed by atoms with van der Waals surface area (Å²) >= 11 is 3.54. The number of nitrogens with one attached hydrogen (secondary N) is 1. The Balaban J connectivity index is 2.54. The predicted octanol–water partition coefficient (Wildman–Crippen LogP) is 2.22. The van der Waals surface area contributed by atoms with Crippen molar-refractivity contribution < 1.29 is 4.74 Å². The molecule has 0 unspecified atom stereocenters. The molecule has 1 rings (SSSR count). The van der Waals surface area contributed by atoms with Crippen molar-refractivity contribution in [3.8, 4) is 0 Å². The van der Waals surface area contributed by atoms with Gasteiger partial charge in [-0.25, -0.2) is 0 Å². The van der Waals surface area contributed by atoms with E-state index >= 15 is 0 Å². The van der Waals surface area contributed by atoms with Crippen molar-refractivity contribution in [2.45, 2.75) is 39.3 Å². The number of halogens is 1. The fourth-order valence-electron chi connectivity index (χ4n) is 1.56. The summed E-state index contributed by atoms with van der Waals surface area (Å²) in [7, 11) is 1.71. The van der Waals surface area contributed by atoms with Gasteiger partial charge in [0.2, 0.25) is 0 Å². The van der Waals surface area contributed by atoms with Crippen molar-refractivity contribution >= 4 is 15.9 Å². The molecule has 4 nitrogen and oxygen atoms in total. The maximum Gasteiger partial charge on any atom is 0.0658 e. The van der Waals surface area contributed by atoms with Crippen LogP contribution in [0.3, 0.4) is 0 Å². The van der Waals surface area contributed by atoms with Gasteiger partial charge < -0.3 is 10.1 Å².